The summed E-state index contributed by atoms with van der Waals surface area (Å²) in [4.78, 5) is 17.0. The van der Waals surface area contributed by atoms with Crippen LogP contribution in [0.2, 0.25) is 0 Å². The number of esters is 1. The van der Waals surface area contributed by atoms with E-state index in [9.17, 15) is 4.79 Å². The molecular formula is C24H21N3O4. The third-order valence-corrected chi connectivity index (χ3v) is 4.47. The average molecular weight is 415 g/mol. The van der Waals surface area contributed by atoms with Crippen LogP contribution in [-0.4, -0.2) is 41.1 Å². The second kappa shape index (κ2) is 9.58. The molecule has 0 radical (unpaired) electrons. The fourth-order valence-electron chi connectivity index (χ4n) is 2.95. The van der Waals surface area contributed by atoms with E-state index in [0.717, 1.165) is 17.0 Å². The summed E-state index contributed by atoms with van der Waals surface area (Å²) in [5.74, 6) is 1.35. The largest absolute Gasteiger partial charge is 0.497 e. The van der Waals surface area contributed by atoms with Gasteiger partial charge in [-0.25, -0.2) is 14.5 Å². The molecule has 0 fully saturated rings. The lowest BCUT2D eigenvalue weighted by molar-refractivity contribution is 0.0436. The van der Waals surface area contributed by atoms with Crippen molar-refractivity contribution in [2.75, 3.05) is 20.3 Å². The number of methoxy groups -OCH3 is 1. The summed E-state index contributed by atoms with van der Waals surface area (Å²) in [5, 5.41) is 4.39. The predicted molar refractivity (Wildman–Crippen MR) is 116 cm³/mol. The zero-order valence-corrected chi connectivity index (χ0v) is 17.0. The lowest BCUT2D eigenvalue weighted by Crippen LogP contribution is -2.14. The molecule has 0 aliphatic heterocycles. The molecule has 0 atom stereocenters. The van der Waals surface area contributed by atoms with Crippen molar-refractivity contribution < 1.29 is 19.0 Å². The molecular weight excluding hydrogens is 394 g/mol. The number of carbonyl (C=O) groups is 1. The second-order valence-corrected chi connectivity index (χ2v) is 6.53. The van der Waals surface area contributed by atoms with E-state index >= 15 is 0 Å². The standard InChI is InChI=1S/C24H21N3O4/c1-29-20-12-14-21(15-13-20)30-16-17-31-24(28)22-25-23(18-8-4-2-5-9-18)27(26-22)19-10-6-3-7-11-19/h2-15H,16-17H2,1H3. The number of hydrogen-bond acceptors (Lipinski definition) is 6. The maximum absolute atomic E-state index is 12.5. The first-order valence-electron chi connectivity index (χ1n) is 9.76. The van der Waals surface area contributed by atoms with E-state index in [1.807, 2.05) is 60.7 Å². The molecule has 0 N–H and O–H groups in total. The third kappa shape index (κ3) is 4.90. The van der Waals surface area contributed by atoms with E-state index < -0.39 is 5.97 Å². The van der Waals surface area contributed by atoms with Gasteiger partial charge in [-0.2, -0.15) is 0 Å². The number of aromatic nitrogens is 3. The van der Waals surface area contributed by atoms with E-state index in [2.05, 4.69) is 10.1 Å². The average Bonchev–Trinajstić information content (AvgIpc) is 3.29. The van der Waals surface area contributed by atoms with Gasteiger partial charge in [0.1, 0.15) is 24.7 Å². The second-order valence-electron chi connectivity index (χ2n) is 6.53. The van der Waals surface area contributed by atoms with E-state index in [4.69, 9.17) is 14.2 Å². The first kappa shape index (κ1) is 20.2. The lowest BCUT2D eigenvalue weighted by Gasteiger charge is -2.07. The highest BCUT2D eigenvalue weighted by Crippen LogP contribution is 2.21. The number of rotatable bonds is 8. The van der Waals surface area contributed by atoms with Gasteiger partial charge in [-0.3, -0.25) is 0 Å². The Morgan fingerprint density at radius 3 is 2.16 bits per heavy atom. The zero-order chi connectivity index (χ0) is 21.5. The summed E-state index contributed by atoms with van der Waals surface area (Å²) in [6.07, 6.45) is 0. The molecule has 0 spiro atoms. The molecule has 1 heterocycles. The van der Waals surface area contributed by atoms with Crippen LogP contribution >= 0.6 is 0 Å². The number of benzene rings is 3. The van der Waals surface area contributed by atoms with E-state index in [1.54, 1.807) is 36.1 Å². The Morgan fingerprint density at radius 2 is 1.48 bits per heavy atom. The van der Waals surface area contributed by atoms with Crippen LogP contribution in [0.25, 0.3) is 17.1 Å². The Hall–Kier alpha value is -4.13. The summed E-state index contributed by atoms with van der Waals surface area (Å²) >= 11 is 0. The van der Waals surface area contributed by atoms with Gasteiger partial charge in [-0.15, -0.1) is 5.10 Å². The number of carbonyl (C=O) groups excluding carboxylic acids is 1. The summed E-state index contributed by atoms with van der Waals surface area (Å²) < 4.78 is 17.6. The molecule has 0 aliphatic carbocycles. The smallest absolute Gasteiger partial charge is 0.378 e. The van der Waals surface area contributed by atoms with Crippen molar-refractivity contribution in [3.63, 3.8) is 0 Å². The Labute approximate surface area is 179 Å². The van der Waals surface area contributed by atoms with Gasteiger partial charge in [0.25, 0.3) is 5.82 Å². The lowest BCUT2D eigenvalue weighted by atomic mass is 10.2. The van der Waals surface area contributed by atoms with Gasteiger partial charge in [-0.1, -0.05) is 48.5 Å². The van der Waals surface area contributed by atoms with Crippen molar-refractivity contribution in [1.29, 1.82) is 0 Å². The summed E-state index contributed by atoms with van der Waals surface area (Å²) in [6.45, 7) is 0.286. The van der Waals surface area contributed by atoms with E-state index in [0.29, 0.717) is 11.6 Å². The molecule has 1 aromatic heterocycles. The molecule has 3 aromatic carbocycles. The molecule has 4 aromatic rings. The molecule has 0 saturated heterocycles. The van der Waals surface area contributed by atoms with Gasteiger partial charge in [0.2, 0.25) is 0 Å². The number of ether oxygens (including phenoxy) is 3. The molecule has 156 valence electrons. The molecule has 0 amide bonds. The van der Waals surface area contributed by atoms with Gasteiger partial charge in [0.05, 0.1) is 12.8 Å². The summed E-state index contributed by atoms with van der Waals surface area (Å²) in [6, 6.07) is 26.3. The fraction of sp³-hybridized carbons (Fsp3) is 0.125. The van der Waals surface area contributed by atoms with Crippen LogP contribution in [0.15, 0.2) is 84.9 Å². The first-order chi connectivity index (χ1) is 15.2. The quantitative estimate of drug-likeness (QED) is 0.317. The molecule has 31 heavy (non-hydrogen) atoms. The number of nitrogens with zero attached hydrogens (tertiary/aromatic N) is 3. The van der Waals surface area contributed by atoms with Gasteiger partial charge >= 0.3 is 5.97 Å². The van der Waals surface area contributed by atoms with E-state index in [1.165, 1.54) is 0 Å². The Bertz CT molecular complexity index is 1070. The highest BCUT2D eigenvalue weighted by Gasteiger charge is 2.19. The summed E-state index contributed by atoms with van der Waals surface area (Å²) in [7, 11) is 1.60. The van der Waals surface area contributed by atoms with Crippen LogP contribution < -0.4 is 9.47 Å². The fourth-order valence-corrected chi connectivity index (χ4v) is 2.95. The van der Waals surface area contributed by atoms with Crippen LogP contribution in [0.3, 0.4) is 0 Å². The van der Waals surface area contributed by atoms with Gasteiger partial charge in [0, 0.05) is 5.56 Å². The highest BCUT2D eigenvalue weighted by atomic mass is 16.6. The SMILES string of the molecule is COc1ccc(OCCOC(=O)c2nc(-c3ccccc3)n(-c3ccccc3)n2)cc1. The van der Waals surface area contributed by atoms with Crippen LogP contribution in [0.1, 0.15) is 10.6 Å². The molecule has 0 unspecified atom stereocenters. The zero-order valence-electron chi connectivity index (χ0n) is 17.0. The maximum Gasteiger partial charge on any atom is 0.378 e. The Morgan fingerprint density at radius 1 is 0.839 bits per heavy atom. The number of para-hydroxylation sites is 1. The van der Waals surface area contributed by atoms with Crippen LogP contribution in [0, 0.1) is 0 Å². The minimum absolute atomic E-state index is 0.00727. The van der Waals surface area contributed by atoms with Gasteiger partial charge < -0.3 is 14.2 Å². The highest BCUT2D eigenvalue weighted by molar-refractivity contribution is 5.86. The monoisotopic (exact) mass is 415 g/mol. The normalized spacial score (nSPS) is 10.5. The Kier molecular flexibility index (Phi) is 6.23. The minimum atomic E-state index is -0.606. The van der Waals surface area contributed by atoms with Crippen molar-refractivity contribution >= 4 is 5.97 Å². The maximum atomic E-state index is 12.5. The Balaban J connectivity index is 1.44. The summed E-state index contributed by atoms with van der Waals surface area (Å²) in [5.41, 5.74) is 1.65. The molecule has 7 nitrogen and oxygen atoms in total. The van der Waals surface area contributed by atoms with Crippen molar-refractivity contribution in [3.8, 4) is 28.6 Å². The first-order valence-corrected chi connectivity index (χ1v) is 9.76. The van der Waals surface area contributed by atoms with Crippen LogP contribution in [0.5, 0.6) is 11.5 Å². The molecule has 4 rings (SSSR count). The van der Waals surface area contributed by atoms with E-state index in [-0.39, 0.29) is 19.0 Å². The van der Waals surface area contributed by atoms with Crippen LogP contribution in [-0.2, 0) is 4.74 Å². The van der Waals surface area contributed by atoms with Gasteiger partial charge in [0.15, 0.2) is 5.82 Å². The predicted octanol–water partition coefficient (Wildman–Crippen LogP) is 4.18. The topological polar surface area (TPSA) is 75.5 Å². The third-order valence-electron chi connectivity index (χ3n) is 4.47. The molecule has 0 aliphatic rings. The van der Waals surface area contributed by atoms with Crippen molar-refractivity contribution in [2.45, 2.75) is 0 Å². The molecule has 0 saturated carbocycles. The number of hydrogen-bond donors (Lipinski definition) is 0. The van der Waals surface area contributed by atoms with Crippen LogP contribution in [0.4, 0.5) is 0 Å². The van der Waals surface area contributed by atoms with Crippen molar-refractivity contribution in [3.05, 3.63) is 90.8 Å². The molecule has 7 heteroatoms. The van der Waals surface area contributed by atoms with Crippen molar-refractivity contribution in [1.82, 2.24) is 14.8 Å². The minimum Gasteiger partial charge on any atom is -0.497 e. The van der Waals surface area contributed by atoms with Gasteiger partial charge in [-0.05, 0) is 36.4 Å². The van der Waals surface area contributed by atoms with Crippen molar-refractivity contribution in [2.24, 2.45) is 0 Å². The molecule has 0 bridgehead atoms.